The Morgan fingerprint density at radius 2 is 2.10 bits per heavy atom. The second-order valence-corrected chi connectivity index (χ2v) is 4.68. The van der Waals surface area contributed by atoms with Crippen LogP contribution in [0.15, 0.2) is 27.1 Å². The largest absolute Gasteiger partial charge is 0.459 e. The van der Waals surface area contributed by atoms with E-state index < -0.39 is 23.6 Å². The molecule has 9 heteroatoms. The number of hydrogen-bond acceptors (Lipinski definition) is 5. The maximum absolute atomic E-state index is 12.8. The van der Waals surface area contributed by atoms with Crippen LogP contribution in [-0.2, 0) is 10.9 Å². The molecule has 0 spiro atoms. The molecule has 0 aliphatic rings. The van der Waals surface area contributed by atoms with Crippen LogP contribution in [0.1, 0.15) is 23.2 Å². The molecule has 5 nitrogen and oxygen atoms in total. The average molecular weight is 365 g/mol. The Balaban J connectivity index is 2.37. The van der Waals surface area contributed by atoms with Gasteiger partial charge >= 0.3 is 18.0 Å². The molecule has 0 saturated heterocycles. The molecule has 0 bridgehead atoms. The standard InChI is InChI=1S/C12H8BrF3N2O3/c1-2-20-11(19)10-18-17-9(21-10)6-3-4-8(13)7(5-6)12(14,15)16/h3-5H,2H2,1H3. The summed E-state index contributed by atoms with van der Waals surface area (Å²) in [4.78, 5) is 11.4. The van der Waals surface area contributed by atoms with Crippen LogP contribution in [0.5, 0.6) is 0 Å². The first-order valence-corrected chi connectivity index (χ1v) is 6.50. The first kappa shape index (κ1) is 15.5. The van der Waals surface area contributed by atoms with E-state index >= 15 is 0 Å². The van der Waals surface area contributed by atoms with Gasteiger partial charge in [-0.15, -0.1) is 10.2 Å². The van der Waals surface area contributed by atoms with Gasteiger partial charge in [0, 0.05) is 10.0 Å². The lowest BCUT2D eigenvalue weighted by Gasteiger charge is -2.09. The highest BCUT2D eigenvalue weighted by atomic mass is 79.9. The van der Waals surface area contributed by atoms with E-state index in [1.54, 1.807) is 6.92 Å². The van der Waals surface area contributed by atoms with Crippen LogP contribution in [0.4, 0.5) is 13.2 Å². The summed E-state index contributed by atoms with van der Waals surface area (Å²) in [6, 6.07) is 3.43. The van der Waals surface area contributed by atoms with Crippen LogP contribution in [0.2, 0.25) is 0 Å². The Labute approximate surface area is 125 Å². The fourth-order valence-corrected chi connectivity index (χ4v) is 1.96. The number of hydrogen-bond donors (Lipinski definition) is 0. The number of carbonyl (C=O) groups is 1. The van der Waals surface area contributed by atoms with E-state index in [0.29, 0.717) is 0 Å². The summed E-state index contributed by atoms with van der Waals surface area (Å²) in [7, 11) is 0. The van der Waals surface area contributed by atoms with E-state index in [4.69, 9.17) is 4.42 Å². The number of halogens is 4. The first-order valence-electron chi connectivity index (χ1n) is 5.70. The van der Waals surface area contributed by atoms with Gasteiger partial charge in [-0.1, -0.05) is 15.9 Å². The number of carbonyl (C=O) groups excluding carboxylic acids is 1. The number of aromatic nitrogens is 2. The number of nitrogens with zero attached hydrogens (tertiary/aromatic N) is 2. The molecule has 0 atom stereocenters. The van der Waals surface area contributed by atoms with Crippen LogP contribution in [0, 0.1) is 0 Å². The van der Waals surface area contributed by atoms with E-state index in [2.05, 4.69) is 30.9 Å². The zero-order valence-corrected chi connectivity index (χ0v) is 12.2. The Bertz CT molecular complexity index is 670. The molecule has 112 valence electrons. The van der Waals surface area contributed by atoms with Crippen molar-refractivity contribution >= 4 is 21.9 Å². The molecule has 1 aromatic carbocycles. The van der Waals surface area contributed by atoms with E-state index in [1.165, 1.54) is 12.1 Å². The van der Waals surface area contributed by atoms with Gasteiger partial charge in [-0.2, -0.15) is 13.2 Å². The van der Waals surface area contributed by atoms with Gasteiger partial charge in [0.15, 0.2) is 0 Å². The van der Waals surface area contributed by atoms with Gasteiger partial charge in [-0.3, -0.25) is 0 Å². The van der Waals surface area contributed by atoms with Crippen molar-refractivity contribution in [2.75, 3.05) is 6.61 Å². The van der Waals surface area contributed by atoms with Crippen molar-refractivity contribution in [2.24, 2.45) is 0 Å². The summed E-state index contributed by atoms with van der Waals surface area (Å²) in [5.74, 6) is -1.44. The van der Waals surface area contributed by atoms with Crippen molar-refractivity contribution in [2.45, 2.75) is 13.1 Å². The molecule has 21 heavy (non-hydrogen) atoms. The second-order valence-electron chi connectivity index (χ2n) is 3.83. The van der Waals surface area contributed by atoms with Crippen LogP contribution in [0.3, 0.4) is 0 Å². The number of benzene rings is 1. The third-order valence-electron chi connectivity index (χ3n) is 2.39. The van der Waals surface area contributed by atoms with E-state index in [9.17, 15) is 18.0 Å². The van der Waals surface area contributed by atoms with E-state index in [0.717, 1.165) is 6.07 Å². The molecule has 0 amide bonds. The normalized spacial score (nSPS) is 11.5. The fraction of sp³-hybridized carbons (Fsp3) is 0.250. The molecule has 0 unspecified atom stereocenters. The highest BCUT2D eigenvalue weighted by Gasteiger charge is 2.33. The molecule has 2 rings (SSSR count). The van der Waals surface area contributed by atoms with E-state index in [1.807, 2.05) is 0 Å². The summed E-state index contributed by atoms with van der Waals surface area (Å²) in [6.07, 6.45) is -4.53. The molecule has 1 heterocycles. The molecular weight excluding hydrogens is 357 g/mol. The van der Waals surface area contributed by atoms with Crippen molar-refractivity contribution in [3.05, 3.63) is 34.1 Å². The van der Waals surface area contributed by atoms with Gasteiger partial charge in [-0.05, 0) is 25.1 Å². The fourth-order valence-electron chi connectivity index (χ4n) is 1.49. The Morgan fingerprint density at radius 1 is 1.38 bits per heavy atom. The van der Waals surface area contributed by atoms with Crippen molar-refractivity contribution in [3.63, 3.8) is 0 Å². The predicted octanol–water partition coefficient (Wildman–Crippen LogP) is 3.69. The quantitative estimate of drug-likeness (QED) is 0.777. The summed E-state index contributed by atoms with van der Waals surface area (Å²) in [5.41, 5.74) is -0.829. The molecule has 0 aliphatic heterocycles. The molecule has 2 aromatic rings. The van der Waals surface area contributed by atoms with Crippen molar-refractivity contribution < 1.29 is 27.1 Å². The van der Waals surface area contributed by atoms with Gasteiger partial charge in [0.05, 0.1) is 12.2 Å². The van der Waals surface area contributed by atoms with Crippen LogP contribution < -0.4 is 0 Å². The molecule has 0 N–H and O–H groups in total. The van der Waals surface area contributed by atoms with Gasteiger partial charge in [0.2, 0.25) is 5.89 Å². The van der Waals surface area contributed by atoms with Crippen LogP contribution in [0.25, 0.3) is 11.5 Å². The first-order chi connectivity index (χ1) is 9.82. The third kappa shape index (κ3) is 3.41. The summed E-state index contributed by atoms with van der Waals surface area (Å²) < 4.78 is 48.0. The monoisotopic (exact) mass is 364 g/mol. The number of ether oxygens (including phenoxy) is 1. The van der Waals surface area contributed by atoms with Crippen molar-refractivity contribution in [3.8, 4) is 11.5 Å². The zero-order valence-electron chi connectivity index (χ0n) is 10.6. The number of alkyl halides is 3. The SMILES string of the molecule is CCOC(=O)c1nnc(-c2ccc(Br)c(C(F)(F)F)c2)o1. The van der Waals surface area contributed by atoms with E-state index in [-0.39, 0.29) is 22.5 Å². The average Bonchev–Trinajstić information content (AvgIpc) is 2.88. The van der Waals surface area contributed by atoms with Crippen molar-refractivity contribution in [1.29, 1.82) is 0 Å². The minimum absolute atomic E-state index is 0.0496. The highest BCUT2D eigenvalue weighted by Crippen LogP contribution is 2.37. The zero-order chi connectivity index (χ0) is 15.6. The lowest BCUT2D eigenvalue weighted by Crippen LogP contribution is -2.06. The minimum atomic E-state index is -4.53. The third-order valence-corrected chi connectivity index (χ3v) is 3.09. The molecule has 0 aliphatic carbocycles. The van der Waals surface area contributed by atoms with Gasteiger partial charge in [-0.25, -0.2) is 4.79 Å². The maximum Gasteiger partial charge on any atom is 0.417 e. The highest BCUT2D eigenvalue weighted by molar-refractivity contribution is 9.10. The Kier molecular flexibility index (Phi) is 4.31. The minimum Gasteiger partial charge on any atom is -0.459 e. The van der Waals surface area contributed by atoms with Gasteiger partial charge < -0.3 is 9.15 Å². The molecule has 0 fully saturated rings. The summed E-state index contributed by atoms with van der Waals surface area (Å²) in [6.45, 7) is 1.71. The van der Waals surface area contributed by atoms with Gasteiger partial charge in [0.25, 0.3) is 0 Å². The van der Waals surface area contributed by atoms with Gasteiger partial charge in [0.1, 0.15) is 0 Å². The Hall–Kier alpha value is -1.90. The Morgan fingerprint density at radius 3 is 2.71 bits per heavy atom. The number of esters is 1. The second kappa shape index (κ2) is 5.84. The summed E-state index contributed by atoms with van der Waals surface area (Å²) in [5, 5.41) is 6.98. The van der Waals surface area contributed by atoms with Crippen LogP contribution in [-0.4, -0.2) is 22.8 Å². The van der Waals surface area contributed by atoms with Crippen molar-refractivity contribution in [1.82, 2.24) is 10.2 Å². The maximum atomic E-state index is 12.8. The lowest BCUT2D eigenvalue weighted by atomic mass is 10.1. The molecule has 1 aromatic heterocycles. The predicted molar refractivity (Wildman–Crippen MR) is 68.4 cm³/mol. The molecule has 0 saturated carbocycles. The summed E-state index contributed by atoms with van der Waals surface area (Å²) >= 11 is 2.83. The smallest absolute Gasteiger partial charge is 0.417 e. The molecular formula is C12H8BrF3N2O3. The van der Waals surface area contributed by atoms with Crippen LogP contribution >= 0.6 is 15.9 Å². The topological polar surface area (TPSA) is 65.2 Å². The number of rotatable bonds is 3. The molecule has 0 radical (unpaired) electrons. The lowest BCUT2D eigenvalue weighted by molar-refractivity contribution is -0.138.